The van der Waals surface area contributed by atoms with Gasteiger partial charge < -0.3 is 0 Å². The average Bonchev–Trinajstić information content (AvgIpc) is 1.37. The second-order valence-corrected chi connectivity index (χ2v) is 2.57. The molecule has 0 aliphatic rings. The molecule has 0 bridgehead atoms. The first-order chi connectivity index (χ1) is 1.91. The maximum absolute atomic E-state index is 3.21. The Balaban J connectivity index is 1.97. The lowest BCUT2D eigenvalue weighted by Crippen LogP contribution is -1.43. The number of hydrogen-bond acceptors (Lipinski definition) is 1. The van der Waals surface area contributed by atoms with Crippen LogP contribution in [0.15, 0.2) is 0 Å². The molecule has 0 radical (unpaired) electrons. The van der Waals surface area contributed by atoms with Crippen molar-refractivity contribution in [3.8, 4) is 0 Å². The van der Waals surface area contributed by atoms with E-state index >= 15 is 0 Å². The van der Waals surface area contributed by atoms with E-state index in [1.807, 2.05) is 0 Å². The number of rotatable bonds is 1. The molecule has 0 aromatic heterocycles. The quantitative estimate of drug-likeness (QED) is 0.501. The minimum Gasteiger partial charge on any atom is -0.154 e. The highest BCUT2D eigenvalue weighted by molar-refractivity contribution is 9.11. The lowest BCUT2D eigenvalue weighted by Gasteiger charge is -1.67. The Hall–Kier alpha value is 0.830. The summed E-state index contributed by atoms with van der Waals surface area (Å²) in [6, 6.07) is 0. The summed E-state index contributed by atoms with van der Waals surface area (Å²) in [5.74, 6) is 0. The van der Waals surface area contributed by atoms with E-state index in [9.17, 15) is 0 Å². The van der Waals surface area contributed by atoms with Crippen molar-refractivity contribution in [2.24, 2.45) is 0 Å². The third-order valence-electron chi connectivity index (χ3n) is 0.109. The minimum absolute atomic E-state index is 1.05. The van der Waals surface area contributed by atoms with Crippen molar-refractivity contribution in [1.29, 1.82) is 0 Å². The van der Waals surface area contributed by atoms with Gasteiger partial charge >= 0.3 is 0 Å². The zero-order valence-corrected chi connectivity index (χ0v) is 4.90. The van der Waals surface area contributed by atoms with Crippen LogP contribution in [0.3, 0.4) is 0 Å². The summed E-state index contributed by atoms with van der Waals surface area (Å²) < 4.78 is 1.05. The van der Waals surface area contributed by atoms with Gasteiger partial charge in [-0.15, -0.1) is 0 Å². The molecule has 0 heterocycles. The average molecular weight is 141 g/mol. The fourth-order valence-corrected chi connectivity index (χ4v) is 0. The van der Waals surface area contributed by atoms with Crippen molar-refractivity contribution >= 4 is 27.7 Å². The van der Waals surface area contributed by atoms with Gasteiger partial charge in [-0.1, -0.05) is 15.9 Å². The lowest BCUT2D eigenvalue weighted by molar-refractivity contribution is 2.29. The minimum atomic E-state index is 1.05. The maximum Gasteiger partial charge on any atom is 0.0487 e. The Bertz CT molecular complexity index is 8.00. The normalized spacial score (nSPS) is 7.50. The van der Waals surface area contributed by atoms with Gasteiger partial charge in [0.1, 0.15) is 0 Å². The van der Waals surface area contributed by atoms with E-state index in [0.29, 0.717) is 0 Å². The standard InChI is InChI=1S/C2H5BrS/c1-4-2-3/h2H2,1H3. The molecule has 0 aromatic rings. The fraction of sp³-hybridized carbons (Fsp3) is 1.00. The van der Waals surface area contributed by atoms with Gasteiger partial charge in [0, 0.05) is 4.66 Å². The summed E-state index contributed by atoms with van der Waals surface area (Å²) in [5, 5.41) is 0. The van der Waals surface area contributed by atoms with E-state index in [1.54, 1.807) is 11.8 Å². The molecule has 0 saturated carbocycles. The van der Waals surface area contributed by atoms with E-state index in [-0.39, 0.29) is 0 Å². The summed E-state index contributed by atoms with van der Waals surface area (Å²) in [7, 11) is 0. The van der Waals surface area contributed by atoms with Crippen LogP contribution in [-0.2, 0) is 0 Å². The monoisotopic (exact) mass is 140 g/mol. The third kappa shape index (κ3) is 2.83. The number of alkyl halides is 1. The Labute approximate surface area is 39.1 Å². The van der Waals surface area contributed by atoms with Gasteiger partial charge in [-0.25, -0.2) is 0 Å². The molecule has 0 spiro atoms. The van der Waals surface area contributed by atoms with Gasteiger partial charge in [0.05, 0.1) is 0 Å². The molecule has 0 rings (SSSR count). The largest absolute Gasteiger partial charge is 0.154 e. The van der Waals surface area contributed by atoms with Crippen LogP contribution in [-0.4, -0.2) is 10.9 Å². The second-order valence-electron chi connectivity index (χ2n) is 0.398. The van der Waals surface area contributed by atoms with Gasteiger partial charge in [0.15, 0.2) is 0 Å². The first-order valence-corrected chi connectivity index (χ1v) is 3.48. The zero-order chi connectivity index (χ0) is 3.41. The predicted octanol–water partition coefficient (Wildman–Crippen LogP) is 1.70. The molecule has 0 nitrogen and oxygen atoms in total. The molecule has 0 aliphatic carbocycles. The molecule has 0 aromatic carbocycles. The van der Waals surface area contributed by atoms with E-state index < -0.39 is 0 Å². The van der Waals surface area contributed by atoms with Crippen molar-refractivity contribution in [3.63, 3.8) is 0 Å². The summed E-state index contributed by atoms with van der Waals surface area (Å²) in [6.07, 6.45) is 2.05. The SMILES string of the molecule is CSCBr. The van der Waals surface area contributed by atoms with Crippen LogP contribution >= 0.6 is 27.7 Å². The second kappa shape index (κ2) is 3.83. The van der Waals surface area contributed by atoms with E-state index in [1.165, 1.54) is 0 Å². The third-order valence-corrected chi connectivity index (χ3v) is 1.70. The molecule has 0 fully saturated rings. The summed E-state index contributed by atoms with van der Waals surface area (Å²) >= 11 is 4.98. The lowest BCUT2D eigenvalue weighted by atomic mass is 11.9. The van der Waals surface area contributed by atoms with Crippen molar-refractivity contribution < 1.29 is 0 Å². The van der Waals surface area contributed by atoms with Gasteiger partial charge in [-0.3, -0.25) is 0 Å². The first kappa shape index (κ1) is 4.83. The summed E-state index contributed by atoms with van der Waals surface area (Å²) in [6.45, 7) is 0. The van der Waals surface area contributed by atoms with Crippen molar-refractivity contribution in [2.75, 3.05) is 10.9 Å². The van der Waals surface area contributed by atoms with Crippen LogP contribution in [0.4, 0.5) is 0 Å². The predicted molar refractivity (Wildman–Crippen MR) is 27.3 cm³/mol. The van der Waals surface area contributed by atoms with Crippen LogP contribution in [0.2, 0.25) is 0 Å². The van der Waals surface area contributed by atoms with Crippen LogP contribution in [0, 0.1) is 0 Å². The summed E-state index contributed by atoms with van der Waals surface area (Å²) in [4.78, 5) is 0. The maximum atomic E-state index is 3.21. The number of halogens is 1. The Kier molecular flexibility index (Phi) is 4.62. The van der Waals surface area contributed by atoms with Gasteiger partial charge in [0.2, 0.25) is 0 Å². The first-order valence-electron chi connectivity index (χ1n) is 0.964. The zero-order valence-electron chi connectivity index (χ0n) is 2.49. The fourth-order valence-electron chi connectivity index (χ4n) is 0. The topological polar surface area (TPSA) is 0 Å². The van der Waals surface area contributed by atoms with E-state index in [2.05, 4.69) is 22.2 Å². The van der Waals surface area contributed by atoms with Crippen LogP contribution in [0.25, 0.3) is 0 Å². The highest BCUT2D eigenvalue weighted by Crippen LogP contribution is 1.94. The molecule has 2 heteroatoms. The molecule has 26 valence electrons. The van der Waals surface area contributed by atoms with Crippen LogP contribution in [0.1, 0.15) is 0 Å². The van der Waals surface area contributed by atoms with Gasteiger partial charge in [0.25, 0.3) is 0 Å². The van der Waals surface area contributed by atoms with Crippen molar-refractivity contribution in [1.82, 2.24) is 0 Å². The molecule has 4 heavy (non-hydrogen) atoms. The number of thioether (sulfide) groups is 1. The van der Waals surface area contributed by atoms with Crippen molar-refractivity contribution in [2.45, 2.75) is 0 Å². The number of hydrogen-bond donors (Lipinski definition) is 0. The summed E-state index contributed by atoms with van der Waals surface area (Å²) in [5.41, 5.74) is 0. The molecule has 0 N–H and O–H groups in total. The van der Waals surface area contributed by atoms with Crippen LogP contribution in [0.5, 0.6) is 0 Å². The highest BCUT2D eigenvalue weighted by atomic mass is 79.9. The van der Waals surface area contributed by atoms with E-state index in [4.69, 9.17) is 0 Å². The smallest absolute Gasteiger partial charge is 0.0487 e. The molecule has 0 unspecified atom stereocenters. The molecule has 0 amide bonds. The van der Waals surface area contributed by atoms with E-state index in [0.717, 1.165) is 4.66 Å². The molecular formula is C2H5BrS. The van der Waals surface area contributed by atoms with Gasteiger partial charge in [-0.2, -0.15) is 11.8 Å². The molecule has 0 atom stereocenters. The molecule has 0 aliphatic heterocycles. The molecular weight excluding hydrogens is 136 g/mol. The van der Waals surface area contributed by atoms with Crippen molar-refractivity contribution in [3.05, 3.63) is 0 Å². The highest BCUT2D eigenvalue weighted by Gasteiger charge is 1.57. The Morgan fingerprint density at radius 3 is 2.25 bits per heavy atom. The van der Waals surface area contributed by atoms with Crippen LogP contribution < -0.4 is 0 Å². The Morgan fingerprint density at radius 2 is 2.25 bits per heavy atom. The molecule has 0 saturated heterocycles. The van der Waals surface area contributed by atoms with Gasteiger partial charge in [-0.05, 0) is 6.26 Å². The Morgan fingerprint density at radius 1 is 2.00 bits per heavy atom.